The number of hydrogen-bond donors (Lipinski definition) is 2. The van der Waals surface area contributed by atoms with Crippen molar-refractivity contribution in [3.05, 3.63) is 18.2 Å². The Bertz CT molecular complexity index is 272. The number of nitrogens with one attached hydrogen (secondary N) is 2. The largest absolute Gasteiger partial charge is 0.465 e. The van der Waals surface area contributed by atoms with Crippen molar-refractivity contribution in [2.45, 2.75) is 19.4 Å². The second-order valence-corrected chi connectivity index (χ2v) is 2.87. The Balaban J connectivity index is 2.50. The number of likely N-dealkylation sites (N-methyl/N-ethyl adjacent to an activating group) is 1. The number of imidazole rings is 1. The first kappa shape index (κ1) is 10.7. The van der Waals surface area contributed by atoms with Crippen LogP contribution in [0.1, 0.15) is 12.6 Å². The summed E-state index contributed by atoms with van der Waals surface area (Å²) in [4.78, 5) is 18.2. The molecule has 0 saturated carbocycles. The van der Waals surface area contributed by atoms with Gasteiger partial charge in [-0.2, -0.15) is 0 Å². The van der Waals surface area contributed by atoms with Gasteiger partial charge in [0.1, 0.15) is 6.04 Å². The van der Waals surface area contributed by atoms with E-state index in [1.54, 1.807) is 26.5 Å². The molecular weight excluding hydrogens is 182 g/mol. The van der Waals surface area contributed by atoms with E-state index in [1.165, 1.54) is 0 Å². The van der Waals surface area contributed by atoms with Crippen LogP contribution in [-0.4, -0.2) is 35.6 Å². The van der Waals surface area contributed by atoms with Gasteiger partial charge in [-0.15, -0.1) is 0 Å². The van der Waals surface area contributed by atoms with Crippen LogP contribution in [0.25, 0.3) is 0 Å². The number of H-pyrrole nitrogens is 1. The minimum Gasteiger partial charge on any atom is -0.465 e. The maximum Gasteiger partial charge on any atom is 0.323 e. The van der Waals surface area contributed by atoms with Gasteiger partial charge < -0.3 is 15.0 Å². The molecule has 0 saturated heterocycles. The Kier molecular flexibility index (Phi) is 4.12. The lowest BCUT2D eigenvalue weighted by atomic mass is 10.2. The zero-order chi connectivity index (χ0) is 10.4. The second-order valence-electron chi connectivity index (χ2n) is 2.87. The van der Waals surface area contributed by atoms with Gasteiger partial charge in [-0.3, -0.25) is 4.79 Å². The normalized spacial score (nSPS) is 12.4. The summed E-state index contributed by atoms with van der Waals surface area (Å²) in [6, 6.07) is -0.310. The minimum atomic E-state index is -0.310. The fraction of sp³-hybridized carbons (Fsp3) is 0.556. The standard InChI is InChI=1S/C9H15N3O2/c1-3-14-9(13)8(10-2)4-7-5-11-6-12-7/h5-6,8,10H,3-4H2,1-2H3,(H,11,12). The third-order valence-electron chi connectivity index (χ3n) is 1.90. The van der Waals surface area contributed by atoms with Crippen molar-refractivity contribution in [2.24, 2.45) is 0 Å². The number of rotatable bonds is 5. The van der Waals surface area contributed by atoms with Crippen molar-refractivity contribution >= 4 is 5.97 Å². The van der Waals surface area contributed by atoms with Crippen LogP contribution < -0.4 is 5.32 Å². The summed E-state index contributed by atoms with van der Waals surface area (Å²) in [6.45, 7) is 2.20. The fourth-order valence-corrected chi connectivity index (χ4v) is 1.16. The van der Waals surface area contributed by atoms with Crippen molar-refractivity contribution in [2.75, 3.05) is 13.7 Å². The average molecular weight is 197 g/mol. The molecule has 2 N–H and O–H groups in total. The molecule has 1 aromatic heterocycles. The van der Waals surface area contributed by atoms with Crippen LogP contribution in [0.15, 0.2) is 12.5 Å². The lowest BCUT2D eigenvalue weighted by Crippen LogP contribution is -2.37. The number of aromatic amines is 1. The highest BCUT2D eigenvalue weighted by Gasteiger charge is 2.18. The summed E-state index contributed by atoms with van der Waals surface area (Å²) in [5.41, 5.74) is 0.914. The van der Waals surface area contributed by atoms with Gasteiger partial charge in [0.2, 0.25) is 0 Å². The molecule has 0 radical (unpaired) electrons. The summed E-state index contributed by atoms with van der Waals surface area (Å²) >= 11 is 0. The summed E-state index contributed by atoms with van der Waals surface area (Å²) in [5, 5.41) is 2.90. The molecule has 0 spiro atoms. The smallest absolute Gasteiger partial charge is 0.323 e. The van der Waals surface area contributed by atoms with E-state index < -0.39 is 0 Å². The van der Waals surface area contributed by atoms with Gasteiger partial charge in [0.05, 0.1) is 12.9 Å². The molecule has 1 unspecified atom stereocenters. The van der Waals surface area contributed by atoms with E-state index in [-0.39, 0.29) is 12.0 Å². The molecule has 1 heterocycles. The number of carbonyl (C=O) groups excluding carboxylic acids is 1. The van der Waals surface area contributed by atoms with Crippen LogP contribution in [0.4, 0.5) is 0 Å². The van der Waals surface area contributed by atoms with Gasteiger partial charge in [-0.25, -0.2) is 4.98 Å². The van der Waals surface area contributed by atoms with E-state index in [0.717, 1.165) is 5.69 Å². The molecule has 5 nitrogen and oxygen atoms in total. The van der Waals surface area contributed by atoms with Gasteiger partial charge >= 0.3 is 5.97 Å². The SMILES string of the molecule is CCOC(=O)C(Cc1cnc[nH]1)NC. The second kappa shape index (κ2) is 5.39. The number of carbonyl (C=O) groups is 1. The molecule has 0 amide bonds. The van der Waals surface area contributed by atoms with E-state index >= 15 is 0 Å². The molecule has 1 atom stereocenters. The fourth-order valence-electron chi connectivity index (χ4n) is 1.16. The van der Waals surface area contributed by atoms with E-state index in [0.29, 0.717) is 13.0 Å². The van der Waals surface area contributed by atoms with Gasteiger partial charge in [-0.05, 0) is 14.0 Å². The summed E-state index contributed by atoms with van der Waals surface area (Å²) in [7, 11) is 1.73. The molecule has 0 bridgehead atoms. The molecule has 0 aliphatic heterocycles. The van der Waals surface area contributed by atoms with E-state index in [2.05, 4.69) is 15.3 Å². The zero-order valence-electron chi connectivity index (χ0n) is 8.41. The van der Waals surface area contributed by atoms with Crippen LogP contribution in [0, 0.1) is 0 Å². The third kappa shape index (κ3) is 2.85. The molecule has 5 heteroatoms. The van der Waals surface area contributed by atoms with Crippen LogP contribution in [0.3, 0.4) is 0 Å². The van der Waals surface area contributed by atoms with Gasteiger partial charge in [0, 0.05) is 18.3 Å². The molecule has 0 aliphatic carbocycles. The van der Waals surface area contributed by atoms with Crippen LogP contribution in [-0.2, 0) is 16.0 Å². The summed E-state index contributed by atoms with van der Waals surface area (Å²) < 4.78 is 4.91. The quantitative estimate of drug-likeness (QED) is 0.657. The topological polar surface area (TPSA) is 67.0 Å². The maximum atomic E-state index is 11.4. The Morgan fingerprint density at radius 1 is 1.79 bits per heavy atom. The first-order chi connectivity index (χ1) is 6.77. The Morgan fingerprint density at radius 3 is 3.07 bits per heavy atom. The molecule has 1 aromatic rings. The number of nitrogens with zero attached hydrogens (tertiary/aromatic N) is 1. The van der Waals surface area contributed by atoms with Gasteiger partial charge in [0.15, 0.2) is 0 Å². The number of esters is 1. The predicted octanol–water partition coefficient (Wildman–Crippen LogP) is 0.103. The monoisotopic (exact) mass is 197 g/mol. The van der Waals surface area contributed by atoms with Crippen molar-refractivity contribution < 1.29 is 9.53 Å². The third-order valence-corrected chi connectivity index (χ3v) is 1.90. The summed E-state index contributed by atoms with van der Waals surface area (Å²) in [6.07, 6.45) is 3.85. The Labute approximate surface area is 82.9 Å². The summed E-state index contributed by atoms with van der Waals surface area (Å²) in [5.74, 6) is -0.232. The molecular formula is C9H15N3O2. The van der Waals surface area contributed by atoms with Crippen LogP contribution >= 0.6 is 0 Å². The highest BCUT2D eigenvalue weighted by molar-refractivity contribution is 5.76. The molecule has 0 aromatic carbocycles. The van der Waals surface area contributed by atoms with Crippen molar-refractivity contribution in [3.63, 3.8) is 0 Å². The van der Waals surface area contributed by atoms with Gasteiger partial charge in [0.25, 0.3) is 0 Å². The van der Waals surface area contributed by atoms with Crippen molar-refractivity contribution in [1.29, 1.82) is 0 Å². The van der Waals surface area contributed by atoms with Crippen LogP contribution in [0.2, 0.25) is 0 Å². The van der Waals surface area contributed by atoms with Crippen LogP contribution in [0.5, 0.6) is 0 Å². The van der Waals surface area contributed by atoms with E-state index in [4.69, 9.17) is 4.74 Å². The molecule has 0 aliphatic rings. The van der Waals surface area contributed by atoms with Crippen molar-refractivity contribution in [3.8, 4) is 0 Å². The highest BCUT2D eigenvalue weighted by atomic mass is 16.5. The van der Waals surface area contributed by atoms with E-state index in [1.807, 2.05) is 0 Å². The first-order valence-corrected chi connectivity index (χ1v) is 4.59. The molecule has 78 valence electrons. The average Bonchev–Trinajstić information content (AvgIpc) is 2.66. The molecule has 1 rings (SSSR count). The maximum absolute atomic E-state index is 11.4. The Hall–Kier alpha value is -1.36. The number of hydrogen-bond acceptors (Lipinski definition) is 4. The Morgan fingerprint density at radius 2 is 2.57 bits per heavy atom. The predicted molar refractivity (Wildman–Crippen MR) is 51.8 cm³/mol. The van der Waals surface area contributed by atoms with Crippen molar-refractivity contribution in [1.82, 2.24) is 15.3 Å². The lowest BCUT2D eigenvalue weighted by molar-refractivity contribution is -0.145. The first-order valence-electron chi connectivity index (χ1n) is 4.59. The molecule has 0 fully saturated rings. The lowest BCUT2D eigenvalue weighted by Gasteiger charge is -2.13. The minimum absolute atomic E-state index is 0.232. The number of aromatic nitrogens is 2. The van der Waals surface area contributed by atoms with E-state index in [9.17, 15) is 4.79 Å². The molecule has 14 heavy (non-hydrogen) atoms. The van der Waals surface area contributed by atoms with Gasteiger partial charge in [-0.1, -0.05) is 0 Å². The zero-order valence-corrected chi connectivity index (χ0v) is 8.41. The number of ether oxygens (including phenoxy) is 1. The highest BCUT2D eigenvalue weighted by Crippen LogP contribution is 1.99.